The fourth-order valence-corrected chi connectivity index (χ4v) is 1.25. The van der Waals surface area contributed by atoms with Gasteiger partial charge in [-0.15, -0.1) is 0 Å². The molecule has 0 spiro atoms. The summed E-state index contributed by atoms with van der Waals surface area (Å²) in [5.74, 6) is -0.0441. The first-order valence-corrected chi connectivity index (χ1v) is 6.12. The van der Waals surface area contributed by atoms with Crippen LogP contribution < -0.4 is 5.32 Å². The van der Waals surface area contributed by atoms with Gasteiger partial charge in [0.05, 0.1) is 6.54 Å². The van der Waals surface area contributed by atoms with Gasteiger partial charge in [-0.3, -0.25) is 9.59 Å². The minimum atomic E-state index is -0.0286. The summed E-state index contributed by atoms with van der Waals surface area (Å²) in [6.07, 6.45) is 4.47. The fourth-order valence-electron chi connectivity index (χ4n) is 1.25. The molecule has 94 valence electrons. The number of carbonyl (C=O) groups is 2. The quantitative estimate of drug-likeness (QED) is 0.685. The van der Waals surface area contributed by atoms with Crippen molar-refractivity contribution in [3.63, 3.8) is 0 Å². The van der Waals surface area contributed by atoms with E-state index < -0.39 is 0 Å². The van der Waals surface area contributed by atoms with Gasteiger partial charge in [-0.05, 0) is 12.8 Å². The number of rotatable bonds is 8. The molecular weight excluding hydrogens is 204 g/mol. The summed E-state index contributed by atoms with van der Waals surface area (Å²) < 4.78 is 0. The molecule has 4 heteroatoms. The summed E-state index contributed by atoms with van der Waals surface area (Å²) in [6.45, 7) is 5.02. The molecule has 0 atom stereocenters. The van der Waals surface area contributed by atoms with Crippen LogP contribution in [-0.4, -0.2) is 36.9 Å². The van der Waals surface area contributed by atoms with Crippen molar-refractivity contribution >= 4 is 11.8 Å². The highest BCUT2D eigenvalue weighted by Crippen LogP contribution is 1.94. The van der Waals surface area contributed by atoms with Crippen LogP contribution in [0, 0.1) is 0 Å². The number of carbonyl (C=O) groups excluding carboxylic acids is 2. The van der Waals surface area contributed by atoms with Crippen molar-refractivity contribution in [3.05, 3.63) is 0 Å². The highest BCUT2D eigenvalue weighted by Gasteiger charge is 2.09. The maximum absolute atomic E-state index is 11.5. The summed E-state index contributed by atoms with van der Waals surface area (Å²) in [7, 11) is 1.77. The van der Waals surface area contributed by atoms with Crippen molar-refractivity contribution < 1.29 is 9.59 Å². The molecule has 0 unspecified atom stereocenters. The Morgan fingerprint density at radius 3 is 2.31 bits per heavy atom. The fraction of sp³-hybridized carbons (Fsp3) is 0.833. The topological polar surface area (TPSA) is 49.4 Å². The highest BCUT2D eigenvalue weighted by atomic mass is 16.2. The number of hydrogen-bond acceptors (Lipinski definition) is 2. The summed E-state index contributed by atoms with van der Waals surface area (Å²) in [4.78, 5) is 24.5. The Bertz CT molecular complexity index is 217. The molecule has 0 radical (unpaired) electrons. The first kappa shape index (κ1) is 14.9. The molecule has 0 bridgehead atoms. The van der Waals surface area contributed by atoms with Crippen LogP contribution in [0.5, 0.6) is 0 Å². The molecule has 2 amide bonds. The number of likely N-dealkylation sites (N-methyl/N-ethyl adjacent to an activating group) is 1. The zero-order valence-corrected chi connectivity index (χ0v) is 10.7. The van der Waals surface area contributed by atoms with Crippen LogP contribution in [0.4, 0.5) is 0 Å². The molecule has 0 aromatic rings. The normalized spacial score (nSPS) is 9.94. The molecule has 16 heavy (non-hydrogen) atoms. The monoisotopic (exact) mass is 228 g/mol. The third-order valence-electron chi connectivity index (χ3n) is 2.47. The van der Waals surface area contributed by atoms with E-state index in [2.05, 4.69) is 12.2 Å². The molecule has 0 aliphatic rings. The summed E-state index contributed by atoms with van der Waals surface area (Å²) in [5, 5.41) is 2.64. The van der Waals surface area contributed by atoms with E-state index in [-0.39, 0.29) is 18.4 Å². The van der Waals surface area contributed by atoms with Gasteiger partial charge in [-0.2, -0.15) is 0 Å². The van der Waals surface area contributed by atoms with Crippen LogP contribution in [0.1, 0.15) is 46.0 Å². The zero-order chi connectivity index (χ0) is 12.4. The van der Waals surface area contributed by atoms with Gasteiger partial charge in [-0.1, -0.05) is 26.7 Å². The summed E-state index contributed by atoms with van der Waals surface area (Å²) >= 11 is 0. The third kappa shape index (κ3) is 7.26. The predicted molar refractivity (Wildman–Crippen MR) is 65.1 cm³/mol. The van der Waals surface area contributed by atoms with Gasteiger partial charge >= 0.3 is 0 Å². The minimum Gasteiger partial charge on any atom is -0.347 e. The van der Waals surface area contributed by atoms with E-state index in [4.69, 9.17) is 0 Å². The number of nitrogens with one attached hydrogen (secondary N) is 1. The number of unbranched alkanes of at least 4 members (excludes halogenated alkanes) is 2. The molecule has 0 aromatic carbocycles. The van der Waals surface area contributed by atoms with E-state index in [0.29, 0.717) is 6.42 Å². The molecule has 0 saturated heterocycles. The highest BCUT2D eigenvalue weighted by molar-refractivity contribution is 5.84. The predicted octanol–water partition coefficient (Wildman–Crippen LogP) is 1.55. The van der Waals surface area contributed by atoms with Crippen LogP contribution in [0.2, 0.25) is 0 Å². The standard InChI is InChI=1S/C12H24N2O2/c1-4-6-8-11(15)13-10-12(16)14(3)9-7-5-2/h4-10H2,1-3H3,(H,13,15). The van der Waals surface area contributed by atoms with E-state index in [0.717, 1.165) is 32.2 Å². The van der Waals surface area contributed by atoms with Crippen molar-refractivity contribution in [3.8, 4) is 0 Å². The molecule has 0 fully saturated rings. The van der Waals surface area contributed by atoms with Crippen molar-refractivity contribution in [2.45, 2.75) is 46.0 Å². The van der Waals surface area contributed by atoms with Crippen LogP contribution >= 0.6 is 0 Å². The second kappa shape index (κ2) is 9.19. The number of amides is 2. The average Bonchev–Trinajstić information content (AvgIpc) is 2.30. The van der Waals surface area contributed by atoms with Gasteiger partial charge in [0.25, 0.3) is 0 Å². The van der Waals surface area contributed by atoms with Gasteiger partial charge < -0.3 is 10.2 Å². The first-order chi connectivity index (χ1) is 7.61. The van der Waals surface area contributed by atoms with Crippen molar-refractivity contribution in [2.75, 3.05) is 20.1 Å². The Labute approximate surface area is 98.4 Å². The largest absolute Gasteiger partial charge is 0.347 e. The van der Waals surface area contributed by atoms with E-state index in [1.807, 2.05) is 6.92 Å². The van der Waals surface area contributed by atoms with Crippen LogP contribution in [0.25, 0.3) is 0 Å². The van der Waals surface area contributed by atoms with Gasteiger partial charge in [0.2, 0.25) is 11.8 Å². The molecule has 1 N–H and O–H groups in total. The molecule has 0 aromatic heterocycles. The molecule has 0 heterocycles. The van der Waals surface area contributed by atoms with Crippen molar-refractivity contribution in [1.82, 2.24) is 10.2 Å². The zero-order valence-electron chi connectivity index (χ0n) is 10.7. The number of hydrogen-bond donors (Lipinski definition) is 1. The Kier molecular flexibility index (Phi) is 8.58. The molecule has 4 nitrogen and oxygen atoms in total. The Hall–Kier alpha value is -1.06. The molecular formula is C12H24N2O2. The van der Waals surface area contributed by atoms with Crippen molar-refractivity contribution in [2.24, 2.45) is 0 Å². The van der Waals surface area contributed by atoms with E-state index >= 15 is 0 Å². The second-order valence-electron chi connectivity index (χ2n) is 4.05. The maximum atomic E-state index is 11.5. The molecule has 0 aliphatic carbocycles. The van der Waals surface area contributed by atoms with E-state index in [1.165, 1.54) is 0 Å². The number of nitrogens with zero attached hydrogens (tertiary/aromatic N) is 1. The van der Waals surface area contributed by atoms with Gasteiger partial charge in [0.15, 0.2) is 0 Å². The minimum absolute atomic E-state index is 0.0155. The second-order valence-corrected chi connectivity index (χ2v) is 4.05. The lowest BCUT2D eigenvalue weighted by Gasteiger charge is -2.16. The first-order valence-electron chi connectivity index (χ1n) is 6.12. The van der Waals surface area contributed by atoms with E-state index in [9.17, 15) is 9.59 Å². The molecule has 0 aliphatic heterocycles. The van der Waals surface area contributed by atoms with Crippen molar-refractivity contribution in [1.29, 1.82) is 0 Å². The lowest BCUT2D eigenvalue weighted by Crippen LogP contribution is -2.38. The SMILES string of the molecule is CCCCC(=O)NCC(=O)N(C)CCCC. The van der Waals surface area contributed by atoms with Crippen LogP contribution in [0.3, 0.4) is 0 Å². The lowest BCUT2D eigenvalue weighted by molar-refractivity contribution is -0.131. The van der Waals surface area contributed by atoms with Crippen LogP contribution in [-0.2, 0) is 9.59 Å². The Balaban J connectivity index is 3.66. The third-order valence-corrected chi connectivity index (χ3v) is 2.47. The van der Waals surface area contributed by atoms with E-state index in [1.54, 1.807) is 11.9 Å². The Morgan fingerprint density at radius 2 is 1.75 bits per heavy atom. The maximum Gasteiger partial charge on any atom is 0.241 e. The lowest BCUT2D eigenvalue weighted by atomic mass is 10.2. The van der Waals surface area contributed by atoms with Crippen LogP contribution in [0.15, 0.2) is 0 Å². The average molecular weight is 228 g/mol. The van der Waals surface area contributed by atoms with Gasteiger partial charge in [0, 0.05) is 20.0 Å². The van der Waals surface area contributed by atoms with Gasteiger partial charge in [0.1, 0.15) is 0 Å². The summed E-state index contributed by atoms with van der Waals surface area (Å²) in [6, 6.07) is 0. The molecule has 0 rings (SSSR count). The molecule has 0 saturated carbocycles. The Morgan fingerprint density at radius 1 is 1.12 bits per heavy atom. The summed E-state index contributed by atoms with van der Waals surface area (Å²) in [5.41, 5.74) is 0. The smallest absolute Gasteiger partial charge is 0.241 e. The van der Waals surface area contributed by atoms with Gasteiger partial charge in [-0.25, -0.2) is 0 Å².